The lowest BCUT2D eigenvalue weighted by Crippen LogP contribution is -2.51. The van der Waals surface area contributed by atoms with Crippen molar-refractivity contribution in [1.82, 2.24) is 15.1 Å². The first-order chi connectivity index (χ1) is 17.8. The number of halogens is 1. The maximum atomic E-state index is 14.8. The minimum atomic E-state index is -1.27. The van der Waals surface area contributed by atoms with E-state index in [-0.39, 0.29) is 37.7 Å². The summed E-state index contributed by atoms with van der Waals surface area (Å²) in [7, 11) is 3.19. The number of hydrogen-bond donors (Lipinski definition) is 3. The van der Waals surface area contributed by atoms with Crippen molar-refractivity contribution in [2.24, 2.45) is 0 Å². The van der Waals surface area contributed by atoms with Gasteiger partial charge >= 0.3 is 0 Å². The summed E-state index contributed by atoms with van der Waals surface area (Å²) in [5.41, 5.74) is 1.52. The predicted octanol–water partition coefficient (Wildman–Crippen LogP) is 0.555. The van der Waals surface area contributed by atoms with Crippen LogP contribution in [0.2, 0.25) is 0 Å². The topological polar surface area (TPSA) is 111 Å². The second-order valence-electron chi connectivity index (χ2n) is 9.42. The Morgan fingerprint density at radius 2 is 2.05 bits per heavy atom. The van der Waals surface area contributed by atoms with E-state index in [1.807, 2.05) is 11.0 Å². The molecule has 3 N–H and O–H groups in total. The molecule has 2 aliphatic heterocycles. The number of carbonyl (C=O) groups is 3. The molecular weight excluding hydrogens is 478 g/mol. The highest BCUT2D eigenvalue weighted by Crippen LogP contribution is 2.32. The van der Waals surface area contributed by atoms with E-state index >= 15 is 0 Å². The van der Waals surface area contributed by atoms with Crippen LogP contribution in [0.4, 0.5) is 10.1 Å². The van der Waals surface area contributed by atoms with Gasteiger partial charge in [0, 0.05) is 62.0 Å². The lowest BCUT2D eigenvalue weighted by Gasteiger charge is -2.40. The van der Waals surface area contributed by atoms with Gasteiger partial charge in [0.25, 0.3) is 5.91 Å². The third-order valence-electron chi connectivity index (χ3n) is 7.17. The fourth-order valence-corrected chi connectivity index (χ4v) is 4.97. The molecule has 0 saturated carbocycles. The Morgan fingerprint density at radius 1 is 1.30 bits per heavy atom. The SMILES string of the molecule is BC(O)(c1ccc(F)c(CNc2cccc3c2CN(C(CCC=O)C(=O)NC)C3=O)c1)N1CCOCC1. The maximum Gasteiger partial charge on any atom is 0.255 e. The van der Waals surface area contributed by atoms with E-state index < -0.39 is 17.5 Å². The molecule has 4 rings (SSSR count). The zero-order valence-corrected chi connectivity index (χ0v) is 21.1. The fourth-order valence-electron chi connectivity index (χ4n) is 4.97. The standard InChI is InChI=1S/C26H32BFN4O5/c1-29-24(34)23(6-3-11-33)32-16-20-19(25(32)35)4-2-5-22(20)30-15-17-14-18(7-8-21(17)28)26(27,36)31-9-12-37-13-10-31/h2,4-5,7-8,11,14,23,30,36H,3,6,9-10,12-13,15-16,27H2,1H3,(H,29,34). The van der Waals surface area contributed by atoms with E-state index in [1.165, 1.54) is 18.0 Å². The highest BCUT2D eigenvalue weighted by atomic mass is 19.1. The Morgan fingerprint density at radius 3 is 2.76 bits per heavy atom. The number of fused-ring (bicyclic) bond motifs is 1. The molecule has 0 spiro atoms. The molecule has 2 heterocycles. The maximum absolute atomic E-state index is 14.8. The van der Waals surface area contributed by atoms with Crippen molar-refractivity contribution in [3.63, 3.8) is 0 Å². The molecule has 11 heteroatoms. The van der Waals surface area contributed by atoms with Crippen molar-refractivity contribution < 1.29 is 28.6 Å². The summed E-state index contributed by atoms with van der Waals surface area (Å²) < 4.78 is 20.1. The number of hydrogen-bond acceptors (Lipinski definition) is 7. The number of carbonyl (C=O) groups excluding carboxylic acids is 3. The van der Waals surface area contributed by atoms with Crippen LogP contribution in [0, 0.1) is 5.82 Å². The van der Waals surface area contributed by atoms with E-state index in [0.717, 1.165) is 6.29 Å². The van der Waals surface area contributed by atoms with E-state index in [0.29, 0.717) is 54.2 Å². The van der Waals surface area contributed by atoms with Crippen LogP contribution in [0.1, 0.15) is 39.9 Å². The Labute approximate surface area is 216 Å². The average molecular weight is 510 g/mol. The van der Waals surface area contributed by atoms with Gasteiger partial charge in [0.1, 0.15) is 23.8 Å². The molecule has 0 radical (unpaired) electrons. The number of rotatable bonds is 10. The largest absolute Gasteiger partial charge is 0.381 e. The first kappa shape index (κ1) is 26.8. The summed E-state index contributed by atoms with van der Waals surface area (Å²) in [4.78, 5) is 39.9. The predicted molar refractivity (Wildman–Crippen MR) is 138 cm³/mol. The quantitative estimate of drug-likeness (QED) is 0.317. The fraction of sp³-hybridized carbons (Fsp3) is 0.423. The van der Waals surface area contributed by atoms with Gasteiger partial charge in [-0.1, -0.05) is 12.1 Å². The van der Waals surface area contributed by atoms with Gasteiger partial charge in [-0.3, -0.25) is 14.5 Å². The molecule has 2 aromatic carbocycles. The Bertz CT molecular complexity index is 1170. The normalized spacial score (nSPS) is 18.1. The molecule has 0 aromatic heterocycles. The molecule has 2 amide bonds. The Balaban J connectivity index is 1.53. The van der Waals surface area contributed by atoms with Crippen LogP contribution in [0.15, 0.2) is 36.4 Å². The number of likely N-dealkylation sites (N-methyl/N-ethyl adjacent to an activating group) is 1. The lowest BCUT2D eigenvalue weighted by atomic mass is 9.81. The van der Waals surface area contributed by atoms with Crippen LogP contribution < -0.4 is 10.6 Å². The Kier molecular flexibility index (Phi) is 8.26. The third kappa shape index (κ3) is 5.53. The molecular formula is C26H32BFN4O5. The van der Waals surface area contributed by atoms with E-state index in [9.17, 15) is 23.9 Å². The molecule has 37 heavy (non-hydrogen) atoms. The summed E-state index contributed by atoms with van der Waals surface area (Å²) in [6.07, 6.45) is 1.12. The van der Waals surface area contributed by atoms with Crippen molar-refractivity contribution in [3.05, 3.63) is 64.5 Å². The minimum Gasteiger partial charge on any atom is -0.381 e. The van der Waals surface area contributed by atoms with Gasteiger partial charge in [-0.2, -0.15) is 0 Å². The molecule has 2 atom stereocenters. The number of benzene rings is 2. The van der Waals surface area contributed by atoms with E-state index in [4.69, 9.17) is 4.74 Å². The number of amides is 2. The second kappa shape index (κ2) is 11.4. The first-order valence-electron chi connectivity index (χ1n) is 12.4. The number of aliphatic hydroxyl groups is 1. The molecule has 2 aliphatic rings. The smallest absolute Gasteiger partial charge is 0.255 e. The number of nitrogens with zero attached hydrogens (tertiary/aromatic N) is 2. The lowest BCUT2D eigenvalue weighted by molar-refractivity contribution is -0.125. The summed E-state index contributed by atoms with van der Waals surface area (Å²) in [5.74, 6) is -1.02. The molecule has 196 valence electrons. The second-order valence-corrected chi connectivity index (χ2v) is 9.42. The summed E-state index contributed by atoms with van der Waals surface area (Å²) >= 11 is 0. The summed E-state index contributed by atoms with van der Waals surface area (Å²) in [5, 5.41) is 17.0. The van der Waals surface area contributed by atoms with Crippen molar-refractivity contribution in [1.29, 1.82) is 0 Å². The van der Waals surface area contributed by atoms with Crippen molar-refractivity contribution in [2.45, 2.75) is 37.6 Å². The molecule has 2 unspecified atom stereocenters. The van der Waals surface area contributed by atoms with Crippen molar-refractivity contribution >= 4 is 31.6 Å². The number of morpholine rings is 1. The summed E-state index contributed by atoms with van der Waals surface area (Å²) in [6, 6.07) is 9.07. The van der Waals surface area contributed by atoms with Crippen LogP contribution in [0.25, 0.3) is 0 Å². The highest BCUT2D eigenvalue weighted by Gasteiger charge is 2.37. The van der Waals surface area contributed by atoms with Gasteiger partial charge in [0.2, 0.25) is 5.91 Å². The van der Waals surface area contributed by atoms with Gasteiger partial charge in [0.05, 0.1) is 13.2 Å². The number of ether oxygens (including phenoxy) is 1. The average Bonchev–Trinajstić information content (AvgIpc) is 3.25. The Hall–Kier alpha value is -3.28. The molecule has 1 saturated heterocycles. The number of anilines is 1. The van der Waals surface area contributed by atoms with Crippen molar-refractivity contribution in [2.75, 3.05) is 38.7 Å². The van der Waals surface area contributed by atoms with Crippen LogP contribution in [-0.4, -0.2) is 80.2 Å². The molecule has 2 aromatic rings. The van der Waals surface area contributed by atoms with Gasteiger partial charge in [0.15, 0.2) is 7.85 Å². The molecule has 0 aliphatic carbocycles. The zero-order valence-electron chi connectivity index (χ0n) is 21.1. The summed E-state index contributed by atoms with van der Waals surface area (Å²) in [6.45, 7) is 2.52. The molecule has 1 fully saturated rings. The third-order valence-corrected chi connectivity index (χ3v) is 7.17. The van der Waals surface area contributed by atoms with Gasteiger partial charge in [-0.05, 0) is 36.2 Å². The highest BCUT2D eigenvalue weighted by molar-refractivity contribution is 6.14. The van der Waals surface area contributed by atoms with E-state index in [1.54, 1.807) is 32.1 Å². The van der Waals surface area contributed by atoms with Crippen LogP contribution in [-0.2, 0) is 33.0 Å². The van der Waals surface area contributed by atoms with Crippen LogP contribution in [0.5, 0.6) is 0 Å². The van der Waals surface area contributed by atoms with Crippen LogP contribution >= 0.6 is 0 Å². The van der Waals surface area contributed by atoms with Gasteiger partial charge in [-0.25, -0.2) is 4.39 Å². The minimum absolute atomic E-state index is 0.132. The molecule has 0 bridgehead atoms. The number of nitrogens with one attached hydrogen (secondary N) is 2. The monoisotopic (exact) mass is 510 g/mol. The zero-order chi connectivity index (χ0) is 26.6. The van der Waals surface area contributed by atoms with E-state index in [2.05, 4.69) is 10.6 Å². The number of aldehydes is 1. The first-order valence-corrected chi connectivity index (χ1v) is 12.4. The van der Waals surface area contributed by atoms with Crippen LogP contribution in [0.3, 0.4) is 0 Å². The van der Waals surface area contributed by atoms with Gasteiger partial charge in [-0.15, -0.1) is 0 Å². The molecule has 9 nitrogen and oxygen atoms in total. The van der Waals surface area contributed by atoms with Crippen molar-refractivity contribution in [3.8, 4) is 0 Å². The van der Waals surface area contributed by atoms with Gasteiger partial charge < -0.3 is 30.2 Å².